The number of carbonyl (C=O) groups is 2. The summed E-state index contributed by atoms with van der Waals surface area (Å²) in [5.74, 6) is 0.934. The Morgan fingerprint density at radius 2 is 2.00 bits per heavy atom. The first-order chi connectivity index (χ1) is 12.9. The van der Waals surface area contributed by atoms with Gasteiger partial charge in [-0.2, -0.15) is 0 Å². The molecule has 8 heteroatoms. The maximum atomic E-state index is 12.7. The highest BCUT2D eigenvalue weighted by Gasteiger charge is 2.40. The van der Waals surface area contributed by atoms with Crippen molar-refractivity contribution in [2.45, 2.75) is 30.7 Å². The SMILES string of the molecule is COc1cc(SC)ccc1-c1nc2c([nH]1)C1=C(CC2=O)C(=O)C(C)(C)N=C1.Cl. The number of benzene rings is 1. The summed E-state index contributed by atoms with van der Waals surface area (Å²) < 4.78 is 5.50. The summed E-state index contributed by atoms with van der Waals surface area (Å²) >= 11 is 1.62. The molecule has 2 aliphatic rings. The summed E-state index contributed by atoms with van der Waals surface area (Å²) in [6.45, 7) is 3.51. The lowest BCUT2D eigenvalue weighted by molar-refractivity contribution is -0.119. The molecule has 4 rings (SSSR count). The Morgan fingerprint density at radius 3 is 2.68 bits per heavy atom. The Morgan fingerprint density at radius 1 is 1.25 bits per heavy atom. The monoisotopic (exact) mass is 417 g/mol. The summed E-state index contributed by atoms with van der Waals surface area (Å²) in [5, 5.41) is 0. The summed E-state index contributed by atoms with van der Waals surface area (Å²) in [6.07, 6.45) is 3.73. The van der Waals surface area contributed by atoms with E-state index < -0.39 is 5.54 Å². The molecule has 2 aromatic rings. The average Bonchev–Trinajstić information content (AvgIpc) is 3.10. The molecule has 0 saturated heterocycles. The molecule has 0 saturated carbocycles. The van der Waals surface area contributed by atoms with Gasteiger partial charge in [0.05, 0.1) is 18.4 Å². The number of thioether (sulfide) groups is 1. The molecular formula is C20H20ClN3O3S. The van der Waals surface area contributed by atoms with Gasteiger partial charge < -0.3 is 9.72 Å². The first-order valence-electron chi connectivity index (χ1n) is 8.55. The summed E-state index contributed by atoms with van der Waals surface area (Å²) in [6, 6.07) is 5.82. The summed E-state index contributed by atoms with van der Waals surface area (Å²) in [4.78, 5) is 38.5. The molecule has 0 unspecified atom stereocenters. The normalized spacial score (nSPS) is 17.1. The van der Waals surface area contributed by atoms with Gasteiger partial charge in [-0.15, -0.1) is 24.2 Å². The number of aromatic amines is 1. The van der Waals surface area contributed by atoms with Gasteiger partial charge in [0, 0.05) is 28.7 Å². The largest absolute Gasteiger partial charge is 0.496 e. The second-order valence-electron chi connectivity index (χ2n) is 7.01. The molecule has 1 aliphatic carbocycles. The second-order valence-corrected chi connectivity index (χ2v) is 7.89. The number of aliphatic imine (C=N–C) groups is 1. The van der Waals surface area contributed by atoms with Crippen LogP contribution in [0, 0.1) is 0 Å². The van der Waals surface area contributed by atoms with Crippen LogP contribution in [0.4, 0.5) is 0 Å². The maximum absolute atomic E-state index is 12.7. The van der Waals surface area contributed by atoms with Crippen molar-refractivity contribution in [3.63, 3.8) is 0 Å². The van der Waals surface area contributed by atoms with Crippen molar-refractivity contribution in [1.29, 1.82) is 0 Å². The number of halogens is 1. The number of nitrogens with zero attached hydrogens (tertiary/aromatic N) is 2. The number of aromatic nitrogens is 2. The minimum Gasteiger partial charge on any atom is -0.496 e. The predicted molar refractivity (Wildman–Crippen MR) is 113 cm³/mol. The van der Waals surface area contributed by atoms with E-state index in [1.807, 2.05) is 24.5 Å². The van der Waals surface area contributed by atoms with E-state index in [1.54, 1.807) is 38.9 Å². The van der Waals surface area contributed by atoms with Gasteiger partial charge in [0.15, 0.2) is 11.6 Å². The molecule has 0 spiro atoms. The van der Waals surface area contributed by atoms with Crippen molar-refractivity contribution in [3.05, 3.63) is 35.2 Å². The van der Waals surface area contributed by atoms with E-state index in [9.17, 15) is 9.59 Å². The van der Waals surface area contributed by atoms with Crippen LogP contribution >= 0.6 is 24.2 Å². The Hall–Kier alpha value is -2.38. The molecule has 0 radical (unpaired) electrons. The van der Waals surface area contributed by atoms with Gasteiger partial charge in [0.25, 0.3) is 0 Å². The molecule has 0 amide bonds. The molecule has 146 valence electrons. The van der Waals surface area contributed by atoms with Crippen LogP contribution in [0.15, 0.2) is 33.7 Å². The molecule has 6 nitrogen and oxygen atoms in total. The number of hydrogen-bond donors (Lipinski definition) is 1. The molecule has 0 fully saturated rings. The van der Waals surface area contributed by atoms with Gasteiger partial charge in [-0.1, -0.05) is 0 Å². The quantitative estimate of drug-likeness (QED) is 0.763. The third-order valence-electron chi connectivity index (χ3n) is 4.91. The van der Waals surface area contributed by atoms with Crippen molar-refractivity contribution >= 4 is 47.5 Å². The standard InChI is InChI=1S/C20H19N3O3S.ClH/c1-20(2)18(25)12-8-14(24)17-16(13(12)9-21-20)22-19(23-17)11-6-5-10(27-4)7-15(11)26-3;/h5-7,9H,8H2,1-4H3,(H,22,23);1H. The Bertz CT molecular complexity index is 1050. The molecule has 0 bridgehead atoms. The Kier molecular flexibility index (Phi) is 5.25. The van der Waals surface area contributed by atoms with Crippen LogP contribution in [0.2, 0.25) is 0 Å². The lowest BCUT2D eigenvalue weighted by Crippen LogP contribution is -2.36. The van der Waals surface area contributed by atoms with Crippen LogP contribution in [-0.4, -0.2) is 46.7 Å². The van der Waals surface area contributed by atoms with Gasteiger partial charge in [0.1, 0.15) is 22.8 Å². The van der Waals surface area contributed by atoms with Crippen LogP contribution in [0.25, 0.3) is 17.0 Å². The molecule has 1 N–H and O–H groups in total. The number of imidazole rings is 1. The Balaban J connectivity index is 0.00000225. The number of hydrogen-bond acceptors (Lipinski definition) is 6. The van der Waals surface area contributed by atoms with E-state index in [4.69, 9.17) is 4.74 Å². The zero-order valence-electron chi connectivity index (χ0n) is 16.0. The highest BCUT2D eigenvalue weighted by atomic mass is 35.5. The van der Waals surface area contributed by atoms with Crippen LogP contribution in [-0.2, 0) is 4.79 Å². The number of rotatable bonds is 3. The smallest absolute Gasteiger partial charge is 0.187 e. The van der Waals surface area contributed by atoms with E-state index in [-0.39, 0.29) is 30.4 Å². The second kappa shape index (κ2) is 7.22. The molecule has 0 atom stereocenters. The predicted octanol–water partition coefficient (Wildman–Crippen LogP) is 4.00. The van der Waals surface area contributed by atoms with E-state index >= 15 is 0 Å². The number of ether oxygens (including phenoxy) is 1. The van der Waals surface area contributed by atoms with Crippen molar-refractivity contribution in [3.8, 4) is 17.1 Å². The van der Waals surface area contributed by atoms with Crippen LogP contribution in [0.1, 0.15) is 36.5 Å². The van der Waals surface area contributed by atoms with E-state index in [0.29, 0.717) is 34.1 Å². The zero-order chi connectivity index (χ0) is 19.3. The lowest BCUT2D eigenvalue weighted by atomic mass is 9.81. The van der Waals surface area contributed by atoms with Gasteiger partial charge in [-0.25, -0.2) is 4.98 Å². The fourth-order valence-corrected chi connectivity index (χ4v) is 3.81. The number of nitrogens with one attached hydrogen (secondary N) is 1. The number of carbonyl (C=O) groups excluding carboxylic acids is 2. The topological polar surface area (TPSA) is 84.4 Å². The fourth-order valence-electron chi connectivity index (χ4n) is 3.38. The molecule has 28 heavy (non-hydrogen) atoms. The summed E-state index contributed by atoms with van der Waals surface area (Å²) in [7, 11) is 1.60. The van der Waals surface area contributed by atoms with Crippen LogP contribution < -0.4 is 4.74 Å². The lowest BCUT2D eigenvalue weighted by Gasteiger charge is -2.27. The number of dihydropyridines is 1. The van der Waals surface area contributed by atoms with Gasteiger partial charge in [0.2, 0.25) is 0 Å². The maximum Gasteiger partial charge on any atom is 0.187 e. The first-order valence-corrected chi connectivity index (χ1v) is 9.77. The van der Waals surface area contributed by atoms with Crippen molar-refractivity contribution in [2.75, 3.05) is 13.4 Å². The minimum atomic E-state index is -0.837. The highest BCUT2D eigenvalue weighted by molar-refractivity contribution is 7.98. The highest BCUT2D eigenvalue weighted by Crippen LogP contribution is 2.38. The van der Waals surface area contributed by atoms with Crippen LogP contribution in [0.5, 0.6) is 5.75 Å². The van der Waals surface area contributed by atoms with Crippen molar-refractivity contribution < 1.29 is 14.3 Å². The fraction of sp³-hybridized carbons (Fsp3) is 0.300. The number of fused-ring (bicyclic) bond motifs is 2. The number of ketones is 2. The first kappa shape index (κ1) is 20.4. The van der Waals surface area contributed by atoms with Crippen LogP contribution in [0.3, 0.4) is 0 Å². The van der Waals surface area contributed by atoms with E-state index in [0.717, 1.165) is 10.5 Å². The summed E-state index contributed by atoms with van der Waals surface area (Å²) in [5.41, 5.74) is 1.99. The number of methoxy groups -OCH3 is 1. The third kappa shape index (κ3) is 3.08. The zero-order valence-corrected chi connectivity index (χ0v) is 17.6. The molecule has 1 aromatic heterocycles. The van der Waals surface area contributed by atoms with E-state index in [2.05, 4.69) is 15.0 Å². The Labute approximate surface area is 173 Å². The van der Waals surface area contributed by atoms with E-state index in [1.165, 1.54) is 0 Å². The number of H-pyrrole nitrogens is 1. The minimum absolute atomic E-state index is 0. The van der Waals surface area contributed by atoms with Gasteiger partial charge in [-0.3, -0.25) is 14.6 Å². The third-order valence-corrected chi connectivity index (χ3v) is 5.64. The number of allylic oxidation sites excluding steroid dienone is 1. The van der Waals surface area contributed by atoms with Gasteiger partial charge >= 0.3 is 0 Å². The molecule has 2 heterocycles. The van der Waals surface area contributed by atoms with Crippen molar-refractivity contribution in [1.82, 2.24) is 9.97 Å². The molecule has 1 aromatic carbocycles. The van der Waals surface area contributed by atoms with Crippen molar-refractivity contribution in [2.24, 2.45) is 4.99 Å². The average molecular weight is 418 g/mol. The molecule has 1 aliphatic heterocycles. The number of Topliss-reactive ketones (excluding diaryl/α,β-unsaturated/α-hetero) is 2. The molecular weight excluding hydrogens is 398 g/mol. The van der Waals surface area contributed by atoms with Gasteiger partial charge in [-0.05, 0) is 38.3 Å².